The molecule has 4 rings (SSSR count). The fourth-order valence-corrected chi connectivity index (χ4v) is 3.97. The molecule has 6 atom stereocenters. The summed E-state index contributed by atoms with van der Waals surface area (Å²) in [4.78, 5) is 12.8. The molecule has 2 aliphatic heterocycles. The van der Waals surface area contributed by atoms with Gasteiger partial charge in [0.05, 0.1) is 18.6 Å². The third kappa shape index (κ3) is 3.58. The van der Waals surface area contributed by atoms with Gasteiger partial charge < -0.3 is 45.2 Å². The van der Waals surface area contributed by atoms with E-state index in [0.717, 1.165) is 6.07 Å². The summed E-state index contributed by atoms with van der Waals surface area (Å²) < 4.78 is 11.2. The Balaban J connectivity index is 1.72. The summed E-state index contributed by atoms with van der Waals surface area (Å²) in [5.41, 5.74) is 0.0178. The average molecular weight is 434 g/mol. The number of ether oxygens (including phenoxy) is 2. The number of benzene rings is 2. The molecule has 0 bridgehead atoms. The first kappa shape index (κ1) is 21.3. The Labute approximate surface area is 176 Å². The lowest BCUT2D eigenvalue weighted by Gasteiger charge is -2.40. The normalized spacial score (nSPS) is 30.5. The van der Waals surface area contributed by atoms with E-state index in [9.17, 15) is 40.5 Å². The van der Waals surface area contributed by atoms with Gasteiger partial charge >= 0.3 is 0 Å². The predicted octanol–water partition coefficient (Wildman–Crippen LogP) is 0.0248. The summed E-state index contributed by atoms with van der Waals surface area (Å²) in [6, 6.07) is 7.14. The van der Waals surface area contributed by atoms with E-state index in [2.05, 4.69) is 0 Å². The van der Waals surface area contributed by atoms with Crippen LogP contribution in [0.25, 0.3) is 0 Å². The summed E-state index contributed by atoms with van der Waals surface area (Å²) in [6.45, 7) is -0.690. The van der Waals surface area contributed by atoms with Crippen molar-refractivity contribution in [1.29, 1.82) is 0 Å². The second-order valence-electron chi connectivity index (χ2n) is 7.61. The first-order chi connectivity index (χ1) is 14.7. The number of hydrogen-bond donors (Lipinski definition) is 7. The number of fused-ring (bicyclic) bond motifs is 1. The van der Waals surface area contributed by atoms with Crippen LogP contribution < -0.4 is 4.74 Å². The molecule has 10 nitrogen and oxygen atoms in total. The maximum atomic E-state index is 12.8. The molecule has 1 saturated heterocycles. The molecule has 0 aliphatic carbocycles. The molecule has 0 spiro atoms. The van der Waals surface area contributed by atoms with E-state index < -0.39 is 60.5 Å². The molecule has 2 aromatic carbocycles. The number of phenols is 3. The molecule has 2 heterocycles. The van der Waals surface area contributed by atoms with E-state index in [1.54, 1.807) is 12.1 Å². The Bertz CT molecular complexity index is 987. The molecular formula is C21H22O10. The highest BCUT2D eigenvalue weighted by molar-refractivity contribution is 6.03. The lowest BCUT2D eigenvalue weighted by atomic mass is 9.87. The summed E-state index contributed by atoms with van der Waals surface area (Å²) in [5.74, 6) is -1.79. The summed E-state index contributed by atoms with van der Waals surface area (Å²) in [5, 5.41) is 70.4. The molecule has 2 aromatic rings. The van der Waals surface area contributed by atoms with Crippen LogP contribution >= 0.6 is 0 Å². The molecule has 7 N–H and O–H groups in total. The number of rotatable bonds is 3. The number of ketones is 1. The van der Waals surface area contributed by atoms with Crippen LogP contribution in [0.4, 0.5) is 0 Å². The van der Waals surface area contributed by atoms with Crippen molar-refractivity contribution in [1.82, 2.24) is 0 Å². The van der Waals surface area contributed by atoms with Crippen molar-refractivity contribution >= 4 is 5.78 Å². The van der Waals surface area contributed by atoms with Crippen LogP contribution in [0.5, 0.6) is 23.0 Å². The van der Waals surface area contributed by atoms with Crippen LogP contribution in [-0.4, -0.2) is 72.6 Å². The van der Waals surface area contributed by atoms with Gasteiger partial charge in [-0.05, 0) is 17.7 Å². The zero-order valence-corrected chi connectivity index (χ0v) is 16.1. The second-order valence-corrected chi connectivity index (χ2v) is 7.61. The van der Waals surface area contributed by atoms with Gasteiger partial charge in [0.15, 0.2) is 5.78 Å². The Morgan fingerprint density at radius 1 is 0.968 bits per heavy atom. The standard InChI is InChI=1S/C21H22O10/c22-7-14-17(26)19(28)20(29)21(31-14)16-11(25)6-13-15(18(16)27)10(24)5-12(30-13)8-1-3-9(23)4-2-8/h1-4,6,12,14,17,19-23,25-29H,5,7H2/t12-,14-,17-,19+,20-,21+/m1/s1. The van der Waals surface area contributed by atoms with E-state index in [1.165, 1.54) is 12.1 Å². The van der Waals surface area contributed by atoms with Gasteiger partial charge in [-0.25, -0.2) is 0 Å². The van der Waals surface area contributed by atoms with Gasteiger partial charge in [-0.1, -0.05) is 12.1 Å². The van der Waals surface area contributed by atoms with Crippen molar-refractivity contribution in [2.24, 2.45) is 0 Å². The number of Topliss-reactive ketones (excluding diaryl/α,β-unsaturated/α-hetero) is 1. The molecule has 0 saturated carbocycles. The maximum absolute atomic E-state index is 12.8. The second kappa shape index (κ2) is 7.98. The van der Waals surface area contributed by atoms with Crippen molar-refractivity contribution in [2.45, 2.75) is 43.0 Å². The monoisotopic (exact) mass is 434 g/mol. The van der Waals surface area contributed by atoms with Gasteiger partial charge in [-0.2, -0.15) is 0 Å². The van der Waals surface area contributed by atoms with Crippen molar-refractivity contribution in [3.8, 4) is 23.0 Å². The van der Waals surface area contributed by atoms with Gasteiger partial charge in [-0.15, -0.1) is 0 Å². The fraction of sp³-hybridized carbons (Fsp3) is 0.381. The molecule has 1 fully saturated rings. The highest BCUT2D eigenvalue weighted by Crippen LogP contribution is 2.49. The predicted molar refractivity (Wildman–Crippen MR) is 103 cm³/mol. The SMILES string of the molecule is O=C1C[C@H](c2ccc(O)cc2)Oc2cc(O)c([C@@H]3O[C@H](CO)[C@@H](O)[C@H](O)[C@H]3O)c(O)c21. The Kier molecular flexibility index (Phi) is 5.50. The number of carbonyl (C=O) groups excluding carboxylic acids is 1. The first-order valence-corrected chi connectivity index (χ1v) is 9.61. The van der Waals surface area contributed by atoms with Crippen LogP contribution in [0.2, 0.25) is 0 Å². The summed E-state index contributed by atoms with van der Waals surface area (Å²) in [6.07, 6.45) is -8.72. The number of carbonyl (C=O) groups is 1. The Hall–Kier alpha value is -2.89. The third-order valence-electron chi connectivity index (χ3n) is 5.64. The van der Waals surface area contributed by atoms with Gasteiger partial charge in [0.25, 0.3) is 0 Å². The number of aliphatic hydroxyl groups is 4. The van der Waals surface area contributed by atoms with Crippen molar-refractivity contribution in [2.75, 3.05) is 6.61 Å². The number of aromatic hydroxyl groups is 3. The number of hydrogen-bond acceptors (Lipinski definition) is 10. The highest BCUT2D eigenvalue weighted by Gasteiger charge is 2.47. The minimum absolute atomic E-state index is 0.0470. The minimum Gasteiger partial charge on any atom is -0.508 e. The van der Waals surface area contributed by atoms with Crippen molar-refractivity contribution in [3.05, 3.63) is 47.0 Å². The van der Waals surface area contributed by atoms with Crippen LogP contribution in [-0.2, 0) is 4.74 Å². The average Bonchev–Trinajstić information content (AvgIpc) is 2.73. The third-order valence-corrected chi connectivity index (χ3v) is 5.64. The first-order valence-electron chi connectivity index (χ1n) is 9.61. The van der Waals surface area contributed by atoms with Gasteiger partial charge in [-0.3, -0.25) is 4.79 Å². The molecule has 31 heavy (non-hydrogen) atoms. The zero-order valence-electron chi connectivity index (χ0n) is 16.1. The quantitative estimate of drug-likeness (QED) is 0.348. The van der Waals surface area contributed by atoms with Gasteiger partial charge in [0.1, 0.15) is 65.2 Å². The topological polar surface area (TPSA) is 177 Å². The molecule has 2 aliphatic rings. The fourth-order valence-electron chi connectivity index (χ4n) is 3.97. The smallest absolute Gasteiger partial charge is 0.174 e. The van der Waals surface area contributed by atoms with E-state index in [4.69, 9.17) is 9.47 Å². The van der Waals surface area contributed by atoms with Crippen LogP contribution in [0.15, 0.2) is 30.3 Å². The molecule has 10 heteroatoms. The lowest BCUT2D eigenvalue weighted by Crippen LogP contribution is -2.55. The van der Waals surface area contributed by atoms with Crippen molar-refractivity contribution in [3.63, 3.8) is 0 Å². The molecule has 0 amide bonds. The number of aliphatic hydroxyl groups excluding tert-OH is 4. The van der Waals surface area contributed by atoms with E-state index in [0.29, 0.717) is 5.56 Å². The van der Waals surface area contributed by atoms with E-state index in [-0.39, 0.29) is 29.0 Å². The lowest BCUT2D eigenvalue weighted by molar-refractivity contribution is -0.232. The zero-order chi connectivity index (χ0) is 22.4. The van der Waals surface area contributed by atoms with Crippen LogP contribution in [0.1, 0.15) is 40.1 Å². The van der Waals surface area contributed by atoms with Crippen molar-refractivity contribution < 1.29 is 50.0 Å². The molecule has 0 radical (unpaired) electrons. The van der Waals surface area contributed by atoms with Gasteiger partial charge in [0, 0.05) is 6.07 Å². The Morgan fingerprint density at radius 2 is 1.65 bits per heavy atom. The minimum atomic E-state index is -1.75. The number of phenolic OH excluding ortho intramolecular Hbond substituents is 3. The van der Waals surface area contributed by atoms with Crippen LogP contribution in [0, 0.1) is 0 Å². The van der Waals surface area contributed by atoms with Gasteiger partial charge in [0.2, 0.25) is 0 Å². The van der Waals surface area contributed by atoms with Crippen LogP contribution in [0.3, 0.4) is 0 Å². The summed E-state index contributed by atoms with van der Waals surface area (Å²) >= 11 is 0. The highest BCUT2D eigenvalue weighted by atomic mass is 16.5. The van der Waals surface area contributed by atoms with E-state index in [1.807, 2.05) is 0 Å². The molecular weight excluding hydrogens is 412 g/mol. The molecule has 0 unspecified atom stereocenters. The molecule has 166 valence electrons. The largest absolute Gasteiger partial charge is 0.508 e. The molecule has 0 aromatic heterocycles. The maximum Gasteiger partial charge on any atom is 0.174 e. The van der Waals surface area contributed by atoms with E-state index >= 15 is 0 Å². The summed E-state index contributed by atoms with van der Waals surface area (Å²) in [7, 11) is 0. The Morgan fingerprint density at radius 3 is 2.29 bits per heavy atom.